The Hall–Kier alpha value is -1.09. The highest BCUT2D eigenvalue weighted by Crippen LogP contribution is 2.97. The van der Waals surface area contributed by atoms with Crippen LogP contribution in [0.15, 0.2) is 29.2 Å². The van der Waals surface area contributed by atoms with Crippen LogP contribution >= 0.6 is 11.3 Å². The van der Waals surface area contributed by atoms with E-state index in [1.54, 1.807) is 50.5 Å². The van der Waals surface area contributed by atoms with E-state index in [-0.39, 0.29) is 16.8 Å². The van der Waals surface area contributed by atoms with Crippen LogP contribution in [0.1, 0.15) is 56.2 Å². The molecule has 31 atom stereocenters. The fourth-order valence-electron chi connectivity index (χ4n) is 26.7. The van der Waals surface area contributed by atoms with Crippen LogP contribution in [0, 0.1) is 177 Å². The van der Waals surface area contributed by atoms with Gasteiger partial charge in [0.2, 0.25) is 0 Å². The second kappa shape index (κ2) is 7.21. The van der Waals surface area contributed by atoms with Crippen LogP contribution in [0.2, 0.25) is 0 Å². The lowest BCUT2D eigenvalue weighted by Crippen LogP contribution is -2.59. The molecule has 3 heteroatoms. The number of methoxy groups -OCH3 is 1. The molecule has 16 saturated carbocycles. The molecule has 17 aliphatic carbocycles. The van der Waals surface area contributed by atoms with Gasteiger partial charge < -0.3 is 4.74 Å². The molecule has 1 aromatic rings. The predicted molar refractivity (Wildman–Crippen MR) is 187 cm³/mol. The average molecular weight is 681 g/mol. The maximum atomic E-state index is 13.9. The van der Waals surface area contributed by atoms with Gasteiger partial charge in [0, 0.05) is 15.7 Å². The molecular formula is C47H52O2S. The molecule has 50 heavy (non-hydrogen) atoms. The van der Waals surface area contributed by atoms with Gasteiger partial charge in [-0.05, 0) is 228 Å². The minimum absolute atomic E-state index is 0.0101. The van der Waals surface area contributed by atoms with Gasteiger partial charge in [-0.2, -0.15) is 0 Å². The lowest BCUT2D eigenvalue weighted by Gasteiger charge is -2.62. The zero-order valence-electron chi connectivity index (χ0n) is 29.4. The number of hydrogen-bond acceptors (Lipinski definition) is 3. The molecule has 0 N–H and O–H groups in total. The smallest absolute Gasteiger partial charge is 0.306 e. The van der Waals surface area contributed by atoms with Gasteiger partial charge in [-0.25, -0.2) is 0 Å². The minimum atomic E-state index is 0.0101. The lowest BCUT2D eigenvalue weighted by atomic mass is 9.42. The fourth-order valence-corrected chi connectivity index (χ4v) is 27.8. The first kappa shape index (κ1) is 25.8. The lowest BCUT2D eigenvalue weighted by molar-refractivity contribution is -0.152. The first-order valence-corrected chi connectivity index (χ1v) is 23.4. The molecular weight excluding hydrogens is 629 g/mol. The van der Waals surface area contributed by atoms with E-state index in [2.05, 4.69) is 23.6 Å². The van der Waals surface area contributed by atoms with Crippen molar-refractivity contribution in [2.75, 3.05) is 7.11 Å². The highest BCUT2D eigenvalue weighted by Gasteiger charge is 2.94. The van der Waals surface area contributed by atoms with Crippen LogP contribution < -0.4 is 0 Å². The molecule has 0 aromatic carbocycles. The number of ether oxygens (including phenoxy) is 1. The van der Waals surface area contributed by atoms with Gasteiger partial charge >= 0.3 is 5.97 Å². The zero-order valence-corrected chi connectivity index (χ0v) is 30.3. The number of esters is 1. The van der Waals surface area contributed by atoms with Gasteiger partial charge in [-0.3, -0.25) is 4.79 Å². The number of carbonyl (C=O) groups excluding carboxylic acids is 1. The highest BCUT2D eigenvalue weighted by molar-refractivity contribution is 7.10. The van der Waals surface area contributed by atoms with Crippen LogP contribution in [0.4, 0.5) is 0 Å². The van der Waals surface area contributed by atoms with E-state index in [9.17, 15) is 4.79 Å². The quantitative estimate of drug-likeness (QED) is 0.237. The second-order valence-electron chi connectivity index (χ2n) is 23.7. The highest BCUT2D eigenvalue weighted by atomic mass is 32.1. The van der Waals surface area contributed by atoms with E-state index in [0.29, 0.717) is 12.3 Å². The van der Waals surface area contributed by atoms with E-state index in [0.717, 1.165) is 136 Å². The summed E-state index contributed by atoms with van der Waals surface area (Å²) < 4.78 is 5.72. The van der Waals surface area contributed by atoms with Crippen molar-refractivity contribution in [1.82, 2.24) is 0 Å². The molecule has 0 saturated heterocycles. The SMILES string of the molecule is COC(=O)CC1(c2cccs2)C2C3CC4CC5CC6CC7CC8CC9CC%10=CC21C1C%10C2C9C9C8C7C7C6C6C5C4C4C3C1C1C2C9C7C6C41. The molecule has 31 unspecified atom stereocenters. The van der Waals surface area contributed by atoms with Crippen LogP contribution in [-0.2, 0) is 14.9 Å². The summed E-state index contributed by atoms with van der Waals surface area (Å²) in [4.78, 5) is 15.5. The molecule has 0 radical (unpaired) electrons. The third-order valence-electron chi connectivity index (χ3n) is 24.9. The Kier molecular flexibility index (Phi) is 3.73. The van der Waals surface area contributed by atoms with E-state index < -0.39 is 0 Å². The maximum Gasteiger partial charge on any atom is 0.306 e. The molecule has 17 aliphatic rings. The van der Waals surface area contributed by atoms with Crippen molar-refractivity contribution in [1.29, 1.82) is 0 Å². The van der Waals surface area contributed by atoms with Gasteiger partial charge in [0.15, 0.2) is 0 Å². The van der Waals surface area contributed by atoms with Crippen molar-refractivity contribution in [2.45, 2.75) is 56.8 Å². The number of carbonyl (C=O) groups is 1. The molecule has 16 fully saturated rings. The molecule has 1 spiro atoms. The van der Waals surface area contributed by atoms with Crippen LogP contribution in [-0.4, -0.2) is 13.1 Å². The summed E-state index contributed by atoms with van der Waals surface area (Å²) in [5.74, 6) is 31.0. The summed E-state index contributed by atoms with van der Waals surface area (Å²) in [6.45, 7) is 0. The Bertz CT molecular complexity index is 1950. The first-order chi connectivity index (χ1) is 24.7. The van der Waals surface area contributed by atoms with Gasteiger partial charge in [-0.1, -0.05) is 17.7 Å². The molecule has 1 heterocycles. The average Bonchev–Trinajstić information content (AvgIpc) is 3.89. The molecule has 0 amide bonds. The minimum Gasteiger partial charge on any atom is -0.469 e. The molecule has 258 valence electrons. The van der Waals surface area contributed by atoms with Crippen LogP contribution in [0.3, 0.4) is 0 Å². The standard InChI is InChI=1S/C47H52O2S/c1-49-23(48)13-46(22-3-2-4-50-22)45-21-11-19-9-16-7-17-6-14-5-15-8-18-10-20-12-47(45,46)44-30(20)35-29(18)34-25(15)24(14)32-28(17)33-26(16)27(19)36-31(21)43(44)42-40(35)38(34)37(32)39(33)41(36)42/h2-4,12,14-19,21,24-45H,5-11,13H2,1H3. The number of hydrogen-bond donors (Lipinski definition) is 0. The van der Waals surface area contributed by atoms with Crippen molar-refractivity contribution in [3.8, 4) is 0 Å². The number of fused-ring (bicyclic) bond motifs is 1. The summed E-state index contributed by atoms with van der Waals surface area (Å²) in [6, 6.07) is 4.85. The number of rotatable bonds is 3. The Morgan fingerprint density at radius 2 is 1.18 bits per heavy atom. The van der Waals surface area contributed by atoms with Crippen molar-refractivity contribution < 1.29 is 9.53 Å². The van der Waals surface area contributed by atoms with Gasteiger partial charge in [0.1, 0.15) is 0 Å². The Balaban J connectivity index is 0.976. The summed E-state index contributed by atoms with van der Waals surface area (Å²) in [7, 11) is 1.69. The van der Waals surface area contributed by atoms with E-state index in [4.69, 9.17) is 4.74 Å². The van der Waals surface area contributed by atoms with Crippen molar-refractivity contribution in [3.63, 3.8) is 0 Å². The molecule has 2 nitrogen and oxygen atoms in total. The number of thiophene rings is 1. The summed E-state index contributed by atoms with van der Waals surface area (Å²) in [5.41, 5.74) is 2.27. The van der Waals surface area contributed by atoms with Crippen molar-refractivity contribution in [3.05, 3.63) is 34.0 Å². The third kappa shape index (κ3) is 2.03. The molecule has 0 bridgehead atoms. The molecule has 0 aliphatic heterocycles. The van der Waals surface area contributed by atoms with Crippen LogP contribution in [0.25, 0.3) is 0 Å². The Morgan fingerprint density at radius 1 is 0.660 bits per heavy atom. The Labute approximate surface area is 300 Å². The van der Waals surface area contributed by atoms with Crippen molar-refractivity contribution in [2.24, 2.45) is 177 Å². The molecule has 1 aromatic heterocycles. The Morgan fingerprint density at radius 3 is 1.80 bits per heavy atom. The topological polar surface area (TPSA) is 26.3 Å². The second-order valence-corrected chi connectivity index (χ2v) is 24.6. The largest absolute Gasteiger partial charge is 0.469 e. The van der Waals surface area contributed by atoms with E-state index >= 15 is 0 Å². The van der Waals surface area contributed by atoms with E-state index in [1.165, 1.54) is 36.0 Å². The van der Waals surface area contributed by atoms with E-state index in [1.807, 2.05) is 16.9 Å². The summed E-state index contributed by atoms with van der Waals surface area (Å²) in [6.07, 6.45) is 15.1. The normalized spacial score (nSPS) is 76.6. The van der Waals surface area contributed by atoms with Gasteiger partial charge in [0.25, 0.3) is 0 Å². The van der Waals surface area contributed by atoms with Gasteiger partial charge in [-0.15, -0.1) is 11.3 Å². The predicted octanol–water partition coefficient (Wildman–Crippen LogP) is 8.29. The summed E-state index contributed by atoms with van der Waals surface area (Å²) in [5, 5.41) is 2.36. The summed E-state index contributed by atoms with van der Waals surface area (Å²) >= 11 is 2.03. The number of allylic oxidation sites excluding steroid dienone is 2. The molecule has 18 rings (SSSR count). The third-order valence-corrected chi connectivity index (χ3v) is 26.0. The van der Waals surface area contributed by atoms with Crippen molar-refractivity contribution >= 4 is 17.3 Å². The maximum absolute atomic E-state index is 13.9. The van der Waals surface area contributed by atoms with Crippen LogP contribution in [0.5, 0.6) is 0 Å². The monoisotopic (exact) mass is 680 g/mol. The first-order valence-electron chi connectivity index (χ1n) is 22.5. The van der Waals surface area contributed by atoms with Gasteiger partial charge in [0.05, 0.1) is 13.5 Å². The fraction of sp³-hybridized carbons (Fsp3) is 0.851. The zero-order chi connectivity index (χ0) is 31.4.